The molecule has 0 aromatic heterocycles. The molecule has 1 aliphatic rings. The number of aliphatic hydroxyl groups is 1. The van der Waals surface area contributed by atoms with Gasteiger partial charge >= 0.3 is 0 Å². The molecule has 1 aliphatic heterocycles. The SMILES string of the molecule is NC(=O)C1CCCN1CC(O)COCc1ccccc1Cl. The standard InChI is InChI=1S/C15H21ClN2O3/c16-13-5-2-1-4-11(13)9-21-10-12(19)8-18-7-3-6-14(18)15(17)20/h1-2,4-5,12,14,19H,3,6-10H2,(H2,17,20). The van der Waals surface area contributed by atoms with E-state index in [0.29, 0.717) is 18.2 Å². The van der Waals surface area contributed by atoms with E-state index in [2.05, 4.69) is 0 Å². The number of carbonyl (C=O) groups excluding carboxylic acids is 1. The van der Waals surface area contributed by atoms with Crippen LogP contribution in [0.2, 0.25) is 5.02 Å². The van der Waals surface area contributed by atoms with E-state index in [1.165, 1.54) is 0 Å². The normalized spacial score (nSPS) is 20.6. The van der Waals surface area contributed by atoms with Gasteiger partial charge in [0.05, 0.1) is 25.4 Å². The van der Waals surface area contributed by atoms with Gasteiger partial charge < -0.3 is 15.6 Å². The lowest BCUT2D eigenvalue weighted by atomic mass is 10.2. The molecule has 0 bridgehead atoms. The van der Waals surface area contributed by atoms with Crippen LogP contribution in [0.4, 0.5) is 0 Å². The van der Waals surface area contributed by atoms with Crippen molar-refractivity contribution >= 4 is 17.5 Å². The predicted molar refractivity (Wildman–Crippen MR) is 80.9 cm³/mol. The topological polar surface area (TPSA) is 75.8 Å². The molecule has 1 heterocycles. The molecule has 2 rings (SSSR count). The molecule has 6 heteroatoms. The number of benzene rings is 1. The Morgan fingerprint density at radius 1 is 1.52 bits per heavy atom. The Hall–Kier alpha value is -1.14. The van der Waals surface area contributed by atoms with Crippen LogP contribution >= 0.6 is 11.6 Å². The van der Waals surface area contributed by atoms with E-state index in [9.17, 15) is 9.90 Å². The van der Waals surface area contributed by atoms with Crippen molar-refractivity contribution in [2.75, 3.05) is 19.7 Å². The zero-order valence-electron chi connectivity index (χ0n) is 11.9. The number of nitrogens with zero attached hydrogens (tertiary/aromatic N) is 1. The van der Waals surface area contributed by atoms with Crippen LogP contribution in [-0.4, -0.2) is 47.8 Å². The molecular formula is C15H21ClN2O3. The van der Waals surface area contributed by atoms with Gasteiger partial charge in [0.15, 0.2) is 0 Å². The fourth-order valence-corrected chi connectivity index (χ4v) is 2.80. The first kappa shape index (κ1) is 16.2. The van der Waals surface area contributed by atoms with Crippen LogP contribution < -0.4 is 5.73 Å². The zero-order valence-corrected chi connectivity index (χ0v) is 12.6. The highest BCUT2D eigenvalue weighted by Gasteiger charge is 2.30. The van der Waals surface area contributed by atoms with E-state index in [1.807, 2.05) is 23.1 Å². The molecule has 5 nitrogen and oxygen atoms in total. The summed E-state index contributed by atoms with van der Waals surface area (Å²) < 4.78 is 5.49. The number of carbonyl (C=O) groups is 1. The van der Waals surface area contributed by atoms with Gasteiger partial charge in [0.25, 0.3) is 0 Å². The van der Waals surface area contributed by atoms with Gasteiger partial charge in [-0.25, -0.2) is 0 Å². The maximum Gasteiger partial charge on any atom is 0.234 e. The number of nitrogens with two attached hydrogens (primary N) is 1. The lowest BCUT2D eigenvalue weighted by Crippen LogP contribution is -2.44. The lowest BCUT2D eigenvalue weighted by molar-refractivity contribution is -0.122. The van der Waals surface area contributed by atoms with E-state index in [4.69, 9.17) is 22.1 Å². The minimum absolute atomic E-state index is 0.202. The number of amides is 1. The minimum atomic E-state index is -0.646. The smallest absolute Gasteiger partial charge is 0.234 e. The van der Waals surface area contributed by atoms with E-state index in [-0.39, 0.29) is 18.6 Å². The third-order valence-electron chi connectivity index (χ3n) is 3.66. The largest absolute Gasteiger partial charge is 0.389 e. The molecule has 1 aromatic carbocycles. The molecule has 1 amide bonds. The van der Waals surface area contributed by atoms with Crippen LogP contribution in [0, 0.1) is 0 Å². The first-order valence-electron chi connectivity index (χ1n) is 7.10. The molecule has 0 saturated carbocycles. The Balaban J connectivity index is 1.74. The number of rotatable bonds is 7. The second kappa shape index (κ2) is 7.75. The summed E-state index contributed by atoms with van der Waals surface area (Å²) in [6, 6.07) is 7.18. The molecule has 0 radical (unpaired) electrons. The minimum Gasteiger partial charge on any atom is -0.389 e. The molecule has 116 valence electrons. The van der Waals surface area contributed by atoms with E-state index >= 15 is 0 Å². The average molecular weight is 313 g/mol. The van der Waals surface area contributed by atoms with Crippen molar-refractivity contribution in [3.05, 3.63) is 34.9 Å². The molecule has 1 aromatic rings. The maximum absolute atomic E-state index is 11.3. The number of ether oxygens (including phenoxy) is 1. The highest BCUT2D eigenvalue weighted by molar-refractivity contribution is 6.31. The number of likely N-dealkylation sites (tertiary alicyclic amines) is 1. The van der Waals surface area contributed by atoms with Gasteiger partial charge in [0.2, 0.25) is 5.91 Å². The van der Waals surface area contributed by atoms with Gasteiger partial charge in [-0.05, 0) is 31.0 Å². The number of halogens is 1. The summed E-state index contributed by atoms with van der Waals surface area (Å²) in [6.07, 6.45) is 1.05. The third-order valence-corrected chi connectivity index (χ3v) is 4.03. The predicted octanol–water partition coefficient (Wildman–Crippen LogP) is 1.17. The molecule has 1 fully saturated rings. The van der Waals surface area contributed by atoms with E-state index in [0.717, 1.165) is 24.9 Å². The molecule has 1 saturated heterocycles. The van der Waals surface area contributed by atoms with Crippen molar-refractivity contribution in [2.24, 2.45) is 5.73 Å². The fourth-order valence-electron chi connectivity index (χ4n) is 2.61. The second-order valence-corrected chi connectivity index (χ2v) is 5.72. The number of hydrogen-bond donors (Lipinski definition) is 2. The summed E-state index contributed by atoms with van der Waals surface area (Å²) in [5, 5.41) is 10.7. The zero-order chi connectivity index (χ0) is 15.2. The van der Waals surface area contributed by atoms with Gasteiger partial charge in [-0.1, -0.05) is 29.8 Å². The Morgan fingerprint density at radius 3 is 3.00 bits per heavy atom. The molecule has 2 unspecified atom stereocenters. The van der Waals surface area contributed by atoms with Crippen LogP contribution in [0.15, 0.2) is 24.3 Å². The number of hydrogen-bond acceptors (Lipinski definition) is 4. The molecule has 21 heavy (non-hydrogen) atoms. The Labute approximate surface area is 129 Å². The summed E-state index contributed by atoms with van der Waals surface area (Å²) in [5.41, 5.74) is 6.24. The van der Waals surface area contributed by atoms with Crippen molar-refractivity contribution in [1.82, 2.24) is 4.90 Å². The van der Waals surface area contributed by atoms with Crippen molar-refractivity contribution in [3.8, 4) is 0 Å². The highest BCUT2D eigenvalue weighted by Crippen LogP contribution is 2.18. The Bertz CT molecular complexity index is 484. The quantitative estimate of drug-likeness (QED) is 0.792. The average Bonchev–Trinajstić information content (AvgIpc) is 2.89. The summed E-state index contributed by atoms with van der Waals surface area (Å²) in [4.78, 5) is 13.2. The molecule has 2 atom stereocenters. The lowest BCUT2D eigenvalue weighted by Gasteiger charge is -2.24. The van der Waals surface area contributed by atoms with Gasteiger partial charge in [0.1, 0.15) is 0 Å². The van der Waals surface area contributed by atoms with E-state index in [1.54, 1.807) is 6.07 Å². The van der Waals surface area contributed by atoms with Crippen molar-refractivity contribution in [3.63, 3.8) is 0 Å². The summed E-state index contributed by atoms with van der Waals surface area (Å²) in [5.74, 6) is -0.323. The Kier molecular flexibility index (Phi) is 5.99. The van der Waals surface area contributed by atoms with Crippen LogP contribution in [0.5, 0.6) is 0 Å². The van der Waals surface area contributed by atoms with Crippen LogP contribution in [0.3, 0.4) is 0 Å². The first-order valence-corrected chi connectivity index (χ1v) is 7.48. The van der Waals surface area contributed by atoms with Crippen molar-refractivity contribution in [2.45, 2.75) is 31.6 Å². The fraction of sp³-hybridized carbons (Fsp3) is 0.533. The summed E-state index contributed by atoms with van der Waals surface area (Å²) in [7, 11) is 0. The van der Waals surface area contributed by atoms with E-state index < -0.39 is 6.10 Å². The van der Waals surface area contributed by atoms with Crippen LogP contribution in [0.1, 0.15) is 18.4 Å². The molecule has 3 N–H and O–H groups in total. The van der Waals surface area contributed by atoms with Gasteiger partial charge in [-0.2, -0.15) is 0 Å². The second-order valence-electron chi connectivity index (χ2n) is 5.32. The number of primary amides is 1. The van der Waals surface area contributed by atoms with Gasteiger partial charge in [-0.15, -0.1) is 0 Å². The number of aliphatic hydroxyl groups excluding tert-OH is 1. The highest BCUT2D eigenvalue weighted by atomic mass is 35.5. The third kappa shape index (κ3) is 4.68. The van der Waals surface area contributed by atoms with Gasteiger partial charge in [-0.3, -0.25) is 9.69 Å². The molecular weight excluding hydrogens is 292 g/mol. The monoisotopic (exact) mass is 312 g/mol. The van der Waals surface area contributed by atoms with Crippen LogP contribution in [0.25, 0.3) is 0 Å². The summed E-state index contributed by atoms with van der Waals surface area (Å²) >= 11 is 6.03. The van der Waals surface area contributed by atoms with Crippen LogP contribution in [-0.2, 0) is 16.1 Å². The maximum atomic E-state index is 11.3. The summed E-state index contributed by atoms with van der Waals surface area (Å²) in [6.45, 7) is 1.74. The first-order chi connectivity index (χ1) is 10.1. The van der Waals surface area contributed by atoms with Crippen molar-refractivity contribution in [1.29, 1.82) is 0 Å². The molecule has 0 spiro atoms. The molecule has 0 aliphatic carbocycles. The van der Waals surface area contributed by atoms with Gasteiger partial charge in [0, 0.05) is 11.6 Å². The Morgan fingerprint density at radius 2 is 2.29 bits per heavy atom. The number of β-amino-alcohol motifs (C(OH)–C–C–N with tert-alkyl or cyclic N) is 1. The van der Waals surface area contributed by atoms with Crippen molar-refractivity contribution < 1.29 is 14.6 Å².